The summed E-state index contributed by atoms with van der Waals surface area (Å²) >= 11 is 5.84. The van der Waals surface area contributed by atoms with Crippen molar-refractivity contribution in [2.75, 3.05) is 19.7 Å². The quantitative estimate of drug-likeness (QED) is 0.619. The van der Waals surface area contributed by atoms with E-state index in [2.05, 4.69) is 4.90 Å². The normalized spacial score (nSPS) is 20.2. The van der Waals surface area contributed by atoms with Gasteiger partial charge in [-0.05, 0) is 36.8 Å². The molecule has 1 fully saturated rings. The second kappa shape index (κ2) is 9.57. The summed E-state index contributed by atoms with van der Waals surface area (Å²) in [5, 5.41) is 1.67. The zero-order chi connectivity index (χ0) is 20.9. The maximum atomic E-state index is 12.6. The molecule has 0 radical (unpaired) electrons. The Morgan fingerprint density at radius 1 is 1.14 bits per heavy atom. The largest absolute Gasteiger partial charge is 0.466 e. The fourth-order valence-electron chi connectivity index (χ4n) is 3.48. The van der Waals surface area contributed by atoms with Gasteiger partial charge in [0.05, 0.1) is 17.4 Å². The van der Waals surface area contributed by atoms with Crippen molar-refractivity contribution in [1.82, 2.24) is 4.90 Å². The van der Waals surface area contributed by atoms with E-state index in [-0.39, 0.29) is 16.8 Å². The summed E-state index contributed by atoms with van der Waals surface area (Å²) in [4.78, 5) is 14.8. The van der Waals surface area contributed by atoms with Crippen LogP contribution in [0.2, 0.25) is 5.02 Å². The number of benzene rings is 2. The van der Waals surface area contributed by atoms with Gasteiger partial charge in [-0.2, -0.15) is 0 Å². The number of halogens is 1. The van der Waals surface area contributed by atoms with Crippen molar-refractivity contribution in [3.05, 3.63) is 76.7 Å². The van der Waals surface area contributed by atoms with Gasteiger partial charge in [0.1, 0.15) is 0 Å². The topological polar surface area (TPSA) is 63.7 Å². The van der Waals surface area contributed by atoms with Crippen LogP contribution in [0.15, 0.2) is 71.0 Å². The highest BCUT2D eigenvalue weighted by Crippen LogP contribution is 2.28. The predicted molar refractivity (Wildman–Crippen MR) is 113 cm³/mol. The molecule has 0 aromatic heterocycles. The summed E-state index contributed by atoms with van der Waals surface area (Å²) in [6.45, 7) is 3.89. The van der Waals surface area contributed by atoms with Gasteiger partial charge in [0.15, 0.2) is 9.84 Å². The van der Waals surface area contributed by atoms with E-state index in [4.69, 9.17) is 16.3 Å². The van der Waals surface area contributed by atoms with Crippen LogP contribution in [-0.2, 0) is 25.9 Å². The number of nitrogens with zero attached hydrogens (tertiary/aromatic N) is 1. The minimum atomic E-state index is -3.61. The van der Waals surface area contributed by atoms with Gasteiger partial charge >= 0.3 is 5.97 Å². The number of esters is 1. The third kappa shape index (κ3) is 5.69. The lowest BCUT2D eigenvalue weighted by molar-refractivity contribution is -0.148. The molecule has 1 aliphatic rings. The predicted octanol–water partition coefficient (Wildman–Crippen LogP) is 3.94. The molecule has 0 aliphatic carbocycles. The molecular formula is C22H24ClNO4S. The van der Waals surface area contributed by atoms with E-state index >= 15 is 0 Å². The third-order valence-electron chi connectivity index (χ3n) is 4.93. The number of carbonyl (C=O) groups excluding carboxylic acids is 1. The summed E-state index contributed by atoms with van der Waals surface area (Å²) in [5.41, 5.74) is 1.15. The minimum absolute atomic E-state index is 0.171. The molecule has 0 bridgehead atoms. The standard InChI is InChI=1S/C22H24ClNO4S/c1-2-28-22(25)21-16-24(14-17-6-4-3-5-7-17)15-18(21)12-13-29(26,27)20-10-8-19(23)9-11-20/h3-13,18,21H,2,14-16H2,1H3/b13-12+/t18-,21-/m1/s1. The van der Waals surface area contributed by atoms with Crippen molar-refractivity contribution in [1.29, 1.82) is 0 Å². The molecule has 0 unspecified atom stereocenters. The monoisotopic (exact) mass is 433 g/mol. The first-order valence-corrected chi connectivity index (χ1v) is 11.4. The smallest absolute Gasteiger partial charge is 0.310 e. The molecule has 0 amide bonds. The molecule has 5 nitrogen and oxygen atoms in total. The lowest BCUT2D eigenvalue weighted by Gasteiger charge is -2.15. The fourth-order valence-corrected chi connectivity index (χ4v) is 4.69. The summed E-state index contributed by atoms with van der Waals surface area (Å²) in [5.74, 6) is -0.920. The Morgan fingerprint density at radius 2 is 1.83 bits per heavy atom. The van der Waals surface area contributed by atoms with Crippen LogP contribution in [0.25, 0.3) is 0 Å². The van der Waals surface area contributed by atoms with Crippen molar-refractivity contribution < 1.29 is 17.9 Å². The zero-order valence-corrected chi connectivity index (χ0v) is 17.8. The number of carbonyl (C=O) groups is 1. The fraction of sp³-hybridized carbons (Fsp3) is 0.318. The van der Waals surface area contributed by atoms with Crippen molar-refractivity contribution >= 4 is 27.4 Å². The number of ether oxygens (including phenoxy) is 1. The van der Waals surface area contributed by atoms with Crippen molar-refractivity contribution in [2.24, 2.45) is 11.8 Å². The van der Waals surface area contributed by atoms with Crippen LogP contribution in [0, 0.1) is 11.8 Å². The minimum Gasteiger partial charge on any atom is -0.466 e. The molecule has 3 rings (SSSR count). The van der Waals surface area contributed by atoms with Crippen LogP contribution in [0.3, 0.4) is 0 Å². The number of hydrogen-bond donors (Lipinski definition) is 0. The van der Waals surface area contributed by atoms with Crippen molar-refractivity contribution in [3.63, 3.8) is 0 Å². The molecule has 1 saturated heterocycles. The first-order chi connectivity index (χ1) is 13.9. The van der Waals surface area contributed by atoms with Crippen LogP contribution < -0.4 is 0 Å². The van der Waals surface area contributed by atoms with E-state index in [1.54, 1.807) is 25.1 Å². The molecule has 2 atom stereocenters. The van der Waals surface area contributed by atoms with E-state index in [9.17, 15) is 13.2 Å². The molecule has 0 saturated carbocycles. The van der Waals surface area contributed by atoms with Gasteiger partial charge in [-0.25, -0.2) is 8.42 Å². The lowest BCUT2D eigenvalue weighted by atomic mass is 9.96. The number of rotatable bonds is 7. The maximum absolute atomic E-state index is 12.6. The number of likely N-dealkylation sites (tertiary alicyclic amines) is 1. The SMILES string of the molecule is CCOC(=O)[C@@H]1CN(Cc2ccccc2)C[C@H]1/C=C/S(=O)(=O)c1ccc(Cl)cc1. The number of sulfone groups is 1. The zero-order valence-electron chi connectivity index (χ0n) is 16.2. The number of hydrogen-bond acceptors (Lipinski definition) is 5. The molecule has 29 heavy (non-hydrogen) atoms. The molecule has 154 valence electrons. The molecule has 0 N–H and O–H groups in total. The van der Waals surface area contributed by atoms with Gasteiger partial charge in [-0.15, -0.1) is 0 Å². The second-order valence-corrected chi connectivity index (χ2v) is 9.30. The summed E-state index contributed by atoms with van der Waals surface area (Å²) in [6.07, 6.45) is 1.62. The van der Waals surface area contributed by atoms with Crippen molar-refractivity contribution in [3.8, 4) is 0 Å². The first-order valence-electron chi connectivity index (χ1n) is 9.51. The van der Waals surface area contributed by atoms with Gasteiger partial charge in [0.25, 0.3) is 0 Å². The Morgan fingerprint density at radius 3 is 2.48 bits per heavy atom. The highest BCUT2D eigenvalue weighted by Gasteiger charge is 2.37. The van der Waals surface area contributed by atoms with E-state index < -0.39 is 15.8 Å². The van der Waals surface area contributed by atoms with Crippen LogP contribution in [0.5, 0.6) is 0 Å². The summed E-state index contributed by atoms with van der Waals surface area (Å²) < 4.78 is 30.5. The second-order valence-electron chi connectivity index (χ2n) is 7.03. The molecule has 2 aromatic rings. The highest BCUT2D eigenvalue weighted by atomic mass is 35.5. The Bertz CT molecular complexity index is 958. The third-order valence-corrected chi connectivity index (χ3v) is 6.62. The van der Waals surface area contributed by atoms with Crippen molar-refractivity contribution in [2.45, 2.75) is 18.4 Å². The summed E-state index contributed by atoms with van der Waals surface area (Å²) in [7, 11) is -3.61. The van der Waals surface area contributed by atoms with Gasteiger partial charge in [0.2, 0.25) is 0 Å². The van der Waals surface area contributed by atoms with Crippen LogP contribution in [0.1, 0.15) is 12.5 Å². The molecule has 2 aromatic carbocycles. The molecule has 1 heterocycles. The van der Waals surface area contributed by atoms with Gasteiger partial charge in [0, 0.05) is 36.0 Å². The van der Waals surface area contributed by atoms with E-state index in [1.165, 1.54) is 17.5 Å². The van der Waals surface area contributed by atoms with Gasteiger partial charge < -0.3 is 4.74 Å². The van der Waals surface area contributed by atoms with E-state index in [0.29, 0.717) is 31.3 Å². The first kappa shape index (κ1) is 21.6. The van der Waals surface area contributed by atoms with Crippen LogP contribution >= 0.6 is 11.6 Å². The Hall–Kier alpha value is -2.15. The van der Waals surface area contributed by atoms with Gasteiger partial charge in [-0.1, -0.05) is 48.0 Å². The summed E-state index contributed by atoms with van der Waals surface area (Å²) in [6, 6.07) is 16.0. The Kier molecular flexibility index (Phi) is 7.11. The molecule has 7 heteroatoms. The highest BCUT2D eigenvalue weighted by molar-refractivity contribution is 7.94. The molecule has 0 spiro atoms. The average Bonchev–Trinajstić information content (AvgIpc) is 3.11. The van der Waals surface area contributed by atoms with Crippen LogP contribution in [-0.4, -0.2) is 39.0 Å². The van der Waals surface area contributed by atoms with E-state index in [0.717, 1.165) is 5.56 Å². The maximum Gasteiger partial charge on any atom is 0.310 e. The Balaban J connectivity index is 1.77. The lowest BCUT2D eigenvalue weighted by Crippen LogP contribution is -2.25. The van der Waals surface area contributed by atoms with Crippen LogP contribution in [0.4, 0.5) is 0 Å². The average molecular weight is 434 g/mol. The molecular weight excluding hydrogens is 410 g/mol. The molecule has 1 aliphatic heterocycles. The van der Waals surface area contributed by atoms with Gasteiger partial charge in [-0.3, -0.25) is 9.69 Å². The van der Waals surface area contributed by atoms with E-state index in [1.807, 2.05) is 30.3 Å². The Labute approximate surface area is 176 Å².